The van der Waals surface area contributed by atoms with E-state index in [9.17, 15) is 14.4 Å². The van der Waals surface area contributed by atoms with Crippen LogP contribution in [0.1, 0.15) is 23.3 Å². The van der Waals surface area contributed by atoms with Gasteiger partial charge in [-0.25, -0.2) is 0 Å². The second-order valence-electron chi connectivity index (χ2n) is 5.01. The van der Waals surface area contributed by atoms with Crippen LogP contribution in [0.15, 0.2) is 24.3 Å². The van der Waals surface area contributed by atoms with Crippen LogP contribution < -0.4 is 16.4 Å². The van der Waals surface area contributed by atoms with Gasteiger partial charge >= 0.3 is 0 Å². The van der Waals surface area contributed by atoms with Crippen molar-refractivity contribution in [2.75, 3.05) is 5.73 Å². The maximum Gasteiger partial charge on any atom is 0.268 e. The summed E-state index contributed by atoms with van der Waals surface area (Å²) in [5, 5.41) is 5.64. The smallest absolute Gasteiger partial charge is 0.268 e. The molecular formula is C14H14N4O3. The lowest BCUT2D eigenvalue weighted by molar-refractivity contribution is -0.134. The second-order valence-corrected chi connectivity index (χ2v) is 5.01. The van der Waals surface area contributed by atoms with Gasteiger partial charge in [0, 0.05) is 23.0 Å². The molecule has 1 fully saturated rings. The minimum absolute atomic E-state index is 0.222. The molecule has 3 rings (SSSR count). The Balaban J connectivity index is 1.77. The molecule has 1 unspecified atom stereocenters. The van der Waals surface area contributed by atoms with Crippen molar-refractivity contribution in [2.24, 2.45) is 0 Å². The summed E-state index contributed by atoms with van der Waals surface area (Å²) in [4.78, 5) is 37.8. The van der Waals surface area contributed by atoms with Crippen LogP contribution in [0.3, 0.4) is 0 Å². The van der Waals surface area contributed by atoms with E-state index in [1.54, 1.807) is 24.3 Å². The van der Waals surface area contributed by atoms with Crippen LogP contribution in [0.2, 0.25) is 0 Å². The maximum absolute atomic E-state index is 12.2. The number of amides is 3. The number of carbonyl (C=O) groups is 3. The van der Waals surface area contributed by atoms with Gasteiger partial charge in [0.25, 0.3) is 5.91 Å². The number of fused-ring (bicyclic) bond motifs is 1. The van der Waals surface area contributed by atoms with Crippen LogP contribution in [-0.2, 0) is 9.59 Å². The van der Waals surface area contributed by atoms with E-state index >= 15 is 0 Å². The first-order valence-corrected chi connectivity index (χ1v) is 6.56. The summed E-state index contributed by atoms with van der Waals surface area (Å²) in [7, 11) is 0. The summed E-state index contributed by atoms with van der Waals surface area (Å²) < 4.78 is 0. The number of nitrogens with two attached hydrogens (primary N) is 1. The number of nitrogens with one attached hydrogen (secondary N) is 3. The Kier molecular flexibility index (Phi) is 3.09. The molecule has 1 saturated heterocycles. The highest BCUT2D eigenvalue weighted by Gasteiger charge is 2.28. The van der Waals surface area contributed by atoms with Crippen molar-refractivity contribution in [1.82, 2.24) is 15.6 Å². The third-order valence-corrected chi connectivity index (χ3v) is 3.43. The minimum atomic E-state index is -0.688. The Morgan fingerprint density at radius 3 is 2.86 bits per heavy atom. The summed E-state index contributed by atoms with van der Waals surface area (Å²) in [5.41, 5.74) is 7.44. The van der Waals surface area contributed by atoms with Crippen molar-refractivity contribution in [3.8, 4) is 0 Å². The van der Waals surface area contributed by atoms with Crippen molar-refractivity contribution < 1.29 is 14.4 Å². The number of hydrogen-bond donors (Lipinski definition) is 4. The Hall–Kier alpha value is -2.83. The van der Waals surface area contributed by atoms with Gasteiger partial charge in [0.05, 0.1) is 0 Å². The van der Waals surface area contributed by atoms with Crippen LogP contribution in [0.5, 0.6) is 0 Å². The number of aromatic amines is 1. The van der Waals surface area contributed by atoms with E-state index in [0.29, 0.717) is 17.8 Å². The normalized spacial score (nSPS) is 18.6. The lowest BCUT2D eigenvalue weighted by atomic mass is 10.1. The monoisotopic (exact) mass is 286 g/mol. The molecular weight excluding hydrogens is 272 g/mol. The zero-order chi connectivity index (χ0) is 15.0. The van der Waals surface area contributed by atoms with Gasteiger partial charge in [-0.2, -0.15) is 0 Å². The summed E-state index contributed by atoms with van der Waals surface area (Å²) >= 11 is 0. The van der Waals surface area contributed by atoms with Gasteiger partial charge in [0.2, 0.25) is 11.8 Å². The first kappa shape index (κ1) is 13.2. The predicted molar refractivity (Wildman–Crippen MR) is 76.3 cm³/mol. The van der Waals surface area contributed by atoms with Crippen molar-refractivity contribution in [3.63, 3.8) is 0 Å². The number of piperidine rings is 1. The number of H-pyrrole nitrogens is 1. The molecule has 0 saturated carbocycles. The number of hydrogen-bond acceptors (Lipinski definition) is 4. The van der Waals surface area contributed by atoms with Gasteiger partial charge in [-0.3, -0.25) is 19.7 Å². The molecule has 3 amide bonds. The summed E-state index contributed by atoms with van der Waals surface area (Å²) in [6.45, 7) is 0. The lowest BCUT2D eigenvalue weighted by Gasteiger charge is -2.21. The molecule has 0 spiro atoms. The molecule has 7 nitrogen and oxygen atoms in total. The third-order valence-electron chi connectivity index (χ3n) is 3.43. The highest BCUT2D eigenvalue weighted by Crippen LogP contribution is 2.18. The SMILES string of the molecule is Nc1ccc2[nH]c(C(=O)NC3CCC(=O)NC3=O)cc2c1. The molecule has 1 atom stereocenters. The van der Waals surface area contributed by atoms with Gasteiger partial charge in [-0.05, 0) is 30.7 Å². The van der Waals surface area contributed by atoms with Crippen molar-refractivity contribution in [2.45, 2.75) is 18.9 Å². The number of nitrogen functional groups attached to an aromatic ring is 1. The molecule has 21 heavy (non-hydrogen) atoms. The molecule has 1 aromatic carbocycles. The average molecular weight is 286 g/mol. The maximum atomic E-state index is 12.2. The fraction of sp³-hybridized carbons (Fsp3) is 0.214. The topological polar surface area (TPSA) is 117 Å². The van der Waals surface area contributed by atoms with E-state index < -0.39 is 11.9 Å². The fourth-order valence-corrected chi connectivity index (χ4v) is 2.34. The Morgan fingerprint density at radius 2 is 2.10 bits per heavy atom. The molecule has 2 heterocycles. The Morgan fingerprint density at radius 1 is 1.29 bits per heavy atom. The van der Waals surface area contributed by atoms with Crippen molar-refractivity contribution >= 4 is 34.3 Å². The average Bonchev–Trinajstić information content (AvgIpc) is 2.85. The minimum Gasteiger partial charge on any atom is -0.399 e. The van der Waals surface area contributed by atoms with E-state index in [1.807, 2.05) is 0 Å². The molecule has 5 N–H and O–H groups in total. The summed E-state index contributed by atoms with van der Waals surface area (Å²) in [6.07, 6.45) is 0.531. The lowest BCUT2D eigenvalue weighted by Crippen LogP contribution is -2.52. The molecule has 108 valence electrons. The van der Waals surface area contributed by atoms with E-state index in [1.165, 1.54) is 0 Å². The molecule has 0 aliphatic carbocycles. The van der Waals surface area contributed by atoms with E-state index in [0.717, 1.165) is 10.9 Å². The fourth-order valence-electron chi connectivity index (χ4n) is 2.34. The highest BCUT2D eigenvalue weighted by molar-refractivity contribution is 6.04. The molecule has 2 aromatic rings. The van der Waals surface area contributed by atoms with Crippen LogP contribution in [0, 0.1) is 0 Å². The molecule has 0 radical (unpaired) electrons. The number of carbonyl (C=O) groups excluding carboxylic acids is 3. The first-order chi connectivity index (χ1) is 10.0. The van der Waals surface area contributed by atoms with Gasteiger partial charge in [-0.1, -0.05) is 0 Å². The molecule has 1 aromatic heterocycles. The zero-order valence-corrected chi connectivity index (χ0v) is 11.1. The summed E-state index contributed by atoms with van der Waals surface area (Å²) in [6, 6.07) is 6.27. The Labute approximate surface area is 119 Å². The molecule has 1 aliphatic heterocycles. The molecule has 7 heteroatoms. The van der Waals surface area contributed by atoms with Crippen LogP contribution in [0.25, 0.3) is 10.9 Å². The van der Waals surface area contributed by atoms with Crippen LogP contribution >= 0.6 is 0 Å². The number of benzene rings is 1. The van der Waals surface area contributed by atoms with E-state index in [4.69, 9.17) is 5.73 Å². The first-order valence-electron chi connectivity index (χ1n) is 6.56. The largest absolute Gasteiger partial charge is 0.399 e. The number of aromatic nitrogens is 1. The standard InChI is InChI=1S/C14H14N4O3/c15-8-1-2-9-7(5-8)6-11(16-9)14(21)17-10-3-4-12(19)18-13(10)20/h1-2,5-6,10,16H,3-4,15H2,(H,17,21)(H,18,19,20). The van der Waals surface area contributed by atoms with Crippen LogP contribution in [0.4, 0.5) is 5.69 Å². The number of anilines is 1. The van der Waals surface area contributed by atoms with E-state index in [2.05, 4.69) is 15.6 Å². The van der Waals surface area contributed by atoms with Gasteiger partial charge in [-0.15, -0.1) is 0 Å². The van der Waals surface area contributed by atoms with E-state index in [-0.39, 0.29) is 18.2 Å². The van der Waals surface area contributed by atoms with Crippen molar-refractivity contribution in [1.29, 1.82) is 0 Å². The second kappa shape index (κ2) is 4.93. The van der Waals surface area contributed by atoms with Gasteiger partial charge in [0.15, 0.2) is 0 Å². The molecule has 0 bridgehead atoms. The van der Waals surface area contributed by atoms with Gasteiger partial charge < -0.3 is 16.0 Å². The van der Waals surface area contributed by atoms with Crippen LogP contribution in [-0.4, -0.2) is 28.7 Å². The number of rotatable bonds is 2. The summed E-state index contributed by atoms with van der Waals surface area (Å²) in [5.74, 6) is -1.18. The zero-order valence-electron chi connectivity index (χ0n) is 11.1. The highest BCUT2D eigenvalue weighted by atomic mass is 16.2. The van der Waals surface area contributed by atoms with Crippen molar-refractivity contribution in [3.05, 3.63) is 30.0 Å². The number of imide groups is 1. The third kappa shape index (κ3) is 2.58. The Bertz CT molecular complexity index is 750. The molecule has 1 aliphatic rings. The predicted octanol–water partition coefficient (Wildman–Crippen LogP) is 0.285. The quantitative estimate of drug-likeness (QED) is 0.468. The van der Waals surface area contributed by atoms with Gasteiger partial charge in [0.1, 0.15) is 11.7 Å².